The Morgan fingerprint density at radius 1 is 1.43 bits per heavy atom. The normalized spacial score (nSPS) is 22.9. The molecule has 2 aliphatic rings. The van der Waals surface area contributed by atoms with Crippen LogP contribution in [-0.2, 0) is 9.59 Å². The Balaban J connectivity index is 1.96. The smallest absolute Gasteiger partial charge is 0.323 e. The molecule has 1 atom stereocenters. The first-order valence-corrected chi connectivity index (χ1v) is 10.6. The van der Waals surface area contributed by atoms with E-state index in [-0.39, 0.29) is 15.8 Å². The molecule has 7 heteroatoms. The highest BCUT2D eigenvalue weighted by atomic mass is 32.2. The van der Waals surface area contributed by atoms with E-state index in [2.05, 4.69) is 51.7 Å². The van der Waals surface area contributed by atoms with Gasteiger partial charge < -0.3 is 10.0 Å². The minimum atomic E-state index is -1.07. The van der Waals surface area contributed by atoms with Gasteiger partial charge in [0.05, 0.1) is 4.91 Å². The number of carbonyl (C=O) groups is 2. The third-order valence-corrected chi connectivity index (χ3v) is 6.66. The lowest BCUT2D eigenvalue weighted by molar-refractivity contribution is -0.140. The van der Waals surface area contributed by atoms with E-state index in [1.165, 1.54) is 11.3 Å². The van der Waals surface area contributed by atoms with Gasteiger partial charge in [-0.15, -0.1) is 0 Å². The Kier molecular flexibility index (Phi) is 5.60. The SMILES string of the molecule is CC(C)N1c2ccc(/C=C3/SC(=S)N(CC(=O)O)C3=O)cc2[C@H](C)CC1(C)C. The van der Waals surface area contributed by atoms with E-state index in [9.17, 15) is 9.59 Å². The number of amides is 1. The lowest BCUT2D eigenvalue weighted by Crippen LogP contribution is -2.51. The minimum Gasteiger partial charge on any atom is -0.480 e. The highest BCUT2D eigenvalue weighted by Gasteiger charge is 2.38. The van der Waals surface area contributed by atoms with Gasteiger partial charge in [0.2, 0.25) is 0 Å². The summed E-state index contributed by atoms with van der Waals surface area (Å²) >= 11 is 6.33. The van der Waals surface area contributed by atoms with Crippen molar-refractivity contribution in [2.75, 3.05) is 11.4 Å². The molecule has 0 aliphatic carbocycles. The summed E-state index contributed by atoms with van der Waals surface area (Å²) in [4.78, 5) is 27.5. The standard InChI is InChI=1S/C21H26N2O3S2/c1-12(2)23-16-7-6-14(8-15(16)13(3)10-21(23,4)5)9-17-19(26)22(11-18(24)25)20(27)28-17/h6-9,12-13H,10-11H2,1-5H3,(H,24,25)/b17-9+/t13-/m1/s1. The van der Waals surface area contributed by atoms with Gasteiger partial charge >= 0.3 is 5.97 Å². The largest absolute Gasteiger partial charge is 0.480 e. The number of carboxylic acids is 1. The highest BCUT2D eigenvalue weighted by molar-refractivity contribution is 8.26. The number of hydrogen-bond acceptors (Lipinski definition) is 5. The van der Waals surface area contributed by atoms with Gasteiger partial charge in [-0.05, 0) is 69.4 Å². The molecule has 0 aromatic heterocycles. The van der Waals surface area contributed by atoms with Crippen LogP contribution in [0, 0.1) is 0 Å². The van der Waals surface area contributed by atoms with E-state index in [4.69, 9.17) is 17.3 Å². The Bertz CT molecular complexity index is 876. The first kappa shape index (κ1) is 20.9. The molecule has 1 amide bonds. The number of nitrogens with zero attached hydrogens (tertiary/aromatic N) is 2. The topological polar surface area (TPSA) is 60.9 Å². The van der Waals surface area contributed by atoms with Crippen molar-refractivity contribution in [3.05, 3.63) is 34.2 Å². The number of rotatable bonds is 4. The van der Waals surface area contributed by atoms with E-state index < -0.39 is 12.5 Å². The fourth-order valence-electron chi connectivity index (χ4n) is 4.46. The van der Waals surface area contributed by atoms with Crippen LogP contribution >= 0.6 is 24.0 Å². The average Bonchev–Trinajstić information content (AvgIpc) is 2.81. The summed E-state index contributed by atoms with van der Waals surface area (Å²) in [6, 6.07) is 6.69. The summed E-state index contributed by atoms with van der Waals surface area (Å²) < 4.78 is 0.290. The number of aliphatic carboxylic acids is 1. The van der Waals surface area contributed by atoms with E-state index in [0.29, 0.717) is 16.9 Å². The van der Waals surface area contributed by atoms with E-state index in [0.717, 1.165) is 28.6 Å². The summed E-state index contributed by atoms with van der Waals surface area (Å²) in [5.41, 5.74) is 3.54. The van der Waals surface area contributed by atoms with E-state index in [1.54, 1.807) is 0 Å². The van der Waals surface area contributed by atoms with Gasteiger partial charge in [-0.2, -0.15) is 0 Å². The lowest BCUT2D eigenvalue weighted by atomic mass is 9.79. The second kappa shape index (κ2) is 7.52. The van der Waals surface area contributed by atoms with Crippen molar-refractivity contribution in [1.29, 1.82) is 0 Å². The molecular formula is C21H26N2O3S2. The van der Waals surface area contributed by atoms with Crippen LogP contribution in [0.4, 0.5) is 5.69 Å². The van der Waals surface area contributed by atoms with Gasteiger partial charge in [0.25, 0.3) is 5.91 Å². The maximum atomic E-state index is 12.5. The van der Waals surface area contributed by atoms with Crippen LogP contribution < -0.4 is 4.90 Å². The molecule has 1 fully saturated rings. The van der Waals surface area contributed by atoms with Crippen molar-refractivity contribution in [1.82, 2.24) is 4.90 Å². The fraction of sp³-hybridized carbons (Fsp3) is 0.476. The summed E-state index contributed by atoms with van der Waals surface area (Å²) in [7, 11) is 0. The zero-order valence-electron chi connectivity index (χ0n) is 16.9. The van der Waals surface area contributed by atoms with Crippen LogP contribution in [0.5, 0.6) is 0 Å². The first-order valence-electron chi connectivity index (χ1n) is 9.41. The van der Waals surface area contributed by atoms with E-state index in [1.807, 2.05) is 12.1 Å². The Labute approximate surface area is 175 Å². The van der Waals surface area contributed by atoms with Crippen LogP contribution in [0.1, 0.15) is 58.1 Å². The van der Waals surface area contributed by atoms with Crippen LogP contribution in [0.25, 0.3) is 6.08 Å². The number of thiocarbonyl (C=S) groups is 1. The molecule has 0 radical (unpaired) electrons. The van der Waals surface area contributed by atoms with Crippen molar-refractivity contribution >= 4 is 51.9 Å². The molecule has 150 valence electrons. The van der Waals surface area contributed by atoms with Crippen LogP contribution in [-0.4, -0.2) is 44.3 Å². The number of benzene rings is 1. The van der Waals surface area contributed by atoms with Crippen LogP contribution in [0.15, 0.2) is 23.1 Å². The molecule has 1 aromatic carbocycles. The van der Waals surface area contributed by atoms with Gasteiger partial charge in [0.1, 0.15) is 10.9 Å². The third kappa shape index (κ3) is 3.82. The summed E-state index contributed by atoms with van der Waals surface area (Å²) in [5, 5.41) is 8.97. The van der Waals surface area contributed by atoms with Gasteiger partial charge in [-0.25, -0.2) is 0 Å². The zero-order chi connectivity index (χ0) is 20.8. The molecule has 2 aliphatic heterocycles. The van der Waals surface area contributed by atoms with Crippen molar-refractivity contribution in [3.8, 4) is 0 Å². The Morgan fingerprint density at radius 2 is 2.11 bits per heavy atom. The fourth-order valence-corrected chi connectivity index (χ4v) is 5.72. The summed E-state index contributed by atoms with van der Waals surface area (Å²) in [5.74, 6) is -1.00. The molecule has 3 rings (SSSR count). The molecule has 1 N–H and O–H groups in total. The number of thioether (sulfide) groups is 1. The molecule has 0 bridgehead atoms. The second-order valence-electron chi connectivity index (χ2n) is 8.36. The maximum Gasteiger partial charge on any atom is 0.323 e. The first-order chi connectivity index (χ1) is 13.0. The molecule has 1 aromatic rings. The monoisotopic (exact) mass is 418 g/mol. The minimum absolute atomic E-state index is 0.0847. The second-order valence-corrected chi connectivity index (χ2v) is 10.0. The van der Waals surface area contributed by atoms with Crippen molar-refractivity contribution in [3.63, 3.8) is 0 Å². The lowest BCUT2D eigenvalue weighted by Gasteiger charge is -2.50. The van der Waals surface area contributed by atoms with Crippen molar-refractivity contribution in [2.45, 2.75) is 58.5 Å². The quantitative estimate of drug-likeness (QED) is 0.575. The van der Waals surface area contributed by atoms with Crippen molar-refractivity contribution < 1.29 is 14.7 Å². The van der Waals surface area contributed by atoms with Crippen LogP contribution in [0.2, 0.25) is 0 Å². The Morgan fingerprint density at radius 3 is 2.71 bits per heavy atom. The highest BCUT2D eigenvalue weighted by Crippen LogP contribution is 2.45. The Hall–Kier alpha value is -1.86. The summed E-state index contributed by atoms with van der Waals surface area (Å²) in [6.07, 6.45) is 2.87. The van der Waals surface area contributed by atoms with Crippen molar-refractivity contribution in [2.24, 2.45) is 0 Å². The van der Waals surface area contributed by atoms with E-state index >= 15 is 0 Å². The molecular weight excluding hydrogens is 392 g/mol. The zero-order valence-corrected chi connectivity index (χ0v) is 18.5. The molecule has 2 heterocycles. The number of hydrogen-bond donors (Lipinski definition) is 1. The number of anilines is 1. The van der Waals surface area contributed by atoms with Gasteiger partial charge in [0.15, 0.2) is 0 Å². The number of carbonyl (C=O) groups excluding carboxylic acids is 1. The number of carboxylic acid groups (broad SMARTS) is 1. The molecule has 0 saturated carbocycles. The molecule has 0 unspecified atom stereocenters. The predicted octanol–water partition coefficient (Wildman–Crippen LogP) is 4.47. The maximum absolute atomic E-state index is 12.5. The number of fused-ring (bicyclic) bond motifs is 1. The van der Waals surface area contributed by atoms with Gasteiger partial charge in [-0.1, -0.05) is 37.0 Å². The molecule has 1 saturated heterocycles. The predicted molar refractivity (Wildman–Crippen MR) is 119 cm³/mol. The molecule has 0 spiro atoms. The van der Waals surface area contributed by atoms with Gasteiger partial charge in [-0.3, -0.25) is 14.5 Å². The molecule has 28 heavy (non-hydrogen) atoms. The summed E-state index contributed by atoms with van der Waals surface area (Å²) in [6.45, 7) is 10.8. The van der Waals surface area contributed by atoms with Gasteiger partial charge in [0, 0.05) is 17.3 Å². The third-order valence-electron chi connectivity index (χ3n) is 5.28. The van der Waals surface area contributed by atoms with Crippen LogP contribution in [0.3, 0.4) is 0 Å². The average molecular weight is 419 g/mol. The molecule has 5 nitrogen and oxygen atoms in total.